The molecule has 0 aromatic carbocycles. The lowest BCUT2D eigenvalue weighted by atomic mass is 10.1. The highest BCUT2D eigenvalue weighted by Crippen LogP contribution is 2.22. The molecule has 0 amide bonds. The van der Waals surface area contributed by atoms with Gasteiger partial charge in [-0.05, 0) is 31.0 Å². The summed E-state index contributed by atoms with van der Waals surface area (Å²) in [6.45, 7) is 2.20. The highest BCUT2D eigenvalue weighted by Gasteiger charge is 2.38. The van der Waals surface area contributed by atoms with Crippen LogP contribution in [0.3, 0.4) is 0 Å². The number of hydrogen-bond donors (Lipinski definition) is 1. The number of alkyl halides is 3. The number of hydrogen-bond acceptors (Lipinski definition) is 2. The highest BCUT2D eigenvalue weighted by atomic mass is 19.4. The van der Waals surface area contributed by atoms with Gasteiger partial charge in [-0.25, -0.2) is 0 Å². The number of pyridine rings is 1. The van der Waals surface area contributed by atoms with Crippen LogP contribution in [-0.2, 0) is 6.42 Å². The molecule has 1 aromatic rings. The molecule has 0 fully saturated rings. The van der Waals surface area contributed by atoms with Crippen molar-refractivity contribution >= 4 is 0 Å². The zero-order chi connectivity index (χ0) is 12.0. The Morgan fingerprint density at radius 3 is 2.69 bits per heavy atom. The maximum atomic E-state index is 12.6. The Morgan fingerprint density at radius 1 is 1.44 bits per heavy atom. The van der Waals surface area contributed by atoms with E-state index in [1.54, 1.807) is 18.3 Å². The van der Waals surface area contributed by atoms with Crippen molar-refractivity contribution in [1.29, 1.82) is 0 Å². The number of aromatic nitrogens is 1. The van der Waals surface area contributed by atoms with Crippen LogP contribution in [0.2, 0.25) is 0 Å². The van der Waals surface area contributed by atoms with E-state index < -0.39 is 12.2 Å². The fourth-order valence-electron chi connectivity index (χ4n) is 1.38. The minimum Gasteiger partial charge on any atom is -0.306 e. The van der Waals surface area contributed by atoms with Gasteiger partial charge in [-0.15, -0.1) is 0 Å². The van der Waals surface area contributed by atoms with E-state index in [9.17, 15) is 13.2 Å². The Labute approximate surface area is 92.9 Å². The maximum Gasteiger partial charge on any atom is 0.404 e. The molecule has 1 N–H and O–H groups in total. The number of nitrogens with zero attached hydrogens (tertiary/aromatic N) is 1. The quantitative estimate of drug-likeness (QED) is 0.843. The smallest absolute Gasteiger partial charge is 0.306 e. The molecule has 0 aliphatic heterocycles. The first kappa shape index (κ1) is 13.0. The summed E-state index contributed by atoms with van der Waals surface area (Å²) >= 11 is 0. The Bertz CT molecular complexity index is 298. The first-order valence-electron chi connectivity index (χ1n) is 5.23. The van der Waals surface area contributed by atoms with Gasteiger partial charge in [0.25, 0.3) is 0 Å². The summed E-state index contributed by atoms with van der Waals surface area (Å²) < 4.78 is 37.9. The molecular formula is C11H15F3N2. The molecule has 16 heavy (non-hydrogen) atoms. The van der Waals surface area contributed by atoms with Gasteiger partial charge in [0.2, 0.25) is 0 Å². The van der Waals surface area contributed by atoms with Gasteiger partial charge in [-0.2, -0.15) is 13.2 Å². The van der Waals surface area contributed by atoms with Gasteiger partial charge in [0.15, 0.2) is 0 Å². The fraction of sp³-hybridized carbons (Fsp3) is 0.545. The van der Waals surface area contributed by atoms with E-state index in [1.165, 1.54) is 6.20 Å². The second-order valence-electron chi connectivity index (χ2n) is 3.61. The van der Waals surface area contributed by atoms with Crippen LogP contribution in [0.5, 0.6) is 0 Å². The summed E-state index contributed by atoms with van der Waals surface area (Å²) in [5, 5.41) is 2.51. The molecule has 0 spiro atoms. The molecule has 0 aliphatic carbocycles. The first-order valence-corrected chi connectivity index (χ1v) is 5.23. The van der Waals surface area contributed by atoms with Crippen molar-refractivity contribution in [2.75, 3.05) is 6.54 Å². The van der Waals surface area contributed by atoms with E-state index in [1.807, 2.05) is 6.92 Å². The van der Waals surface area contributed by atoms with E-state index in [2.05, 4.69) is 10.3 Å². The normalized spacial score (nSPS) is 13.8. The fourth-order valence-corrected chi connectivity index (χ4v) is 1.38. The third-order valence-electron chi connectivity index (χ3n) is 2.20. The molecule has 0 saturated heterocycles. The van der Waals surface area contributed by atoms with E-state index in [-0.39, 0.29) is 6.42 Å². The van der Waals surface area contributed by atoms with Gasteiger partial charge in [0.1, 0.15) is 6.04 Å². The van der Waals surface area contributed by atoms with E-state index in [0.717, 1.165) is 0 Å². The summed E-state index contributed by atoms with van der Waals surface area (Å²) in [7, 11) is 0. The van der Waals surface area contributed by atoms with Crippen LogP contribution in [0, 0.1) is 0 Å². The molecule has 1 heterocycles. The largest absolute Gasteiger partial charge is 0.404 e. The van der Waals surface area contributed by atoms with Crippen LogP contribution in [0.15, 0.2) is 24.5 Å². The third-order valence-corrected chi connectivity index (χ3v) is 2.20. The number of nitrogens with one attached hydrogen (secondary N) is 1. The molecule has 0 saturated carbocycles. The second-order valence-corrected chi connectivity index (χ2v) is 3.61. The highest BCUT2D eigenvalue weighted by molar-refractivity contribution is 5.10. The molecule has 0 bridgehead atoms. The van der Waals surface area contributed by atoms with Gasteiger partial charge in [-0.1, -0.05) is 13.0 Å². The van der Waals surface area contributed by atoms with Crippen LogP contribution in [0.1, 0.15) is 18.9 Å². The SMILES string of the molecule is CCCNC(Cc1cccnc1)C(F)(F)F. The molecule has 1 rings (SSSR count). The van der Waals surface area contributed by atoms with Gasteiger partial charge in [-0.3, -0.25) is 4.98 Å². The molecule has 5 heteroatoms. The summed E-state index contributed by atoms with van der Waals surface area (Å²) in [4.78, 5) is 3.80. The predicted molar refractivity (Wildman–Crippen MR) is 56.1 cm³/mol. The Kier molecular flexibility index (Phi) is 4.73. The number of rotatable bonds is 5. The summed E-state index contributed by atoms with van der Waals surface area (Å²) in [5.41, 5.74) is 0.591. The molecule has 0 aliphatic rings. The van der Waals surface area contributed by atoms with E-state index in [4.69, 9.17) is 0 Å². The van der Waals surface area contributed by atoms with Crippen molar-refractivity contribution in [2.45, 2.75) is 32.0 Å². The topological polar surface area (TPSA) is 24.9 Å². The molecule has 1 atom stereocenters. The maximum absolute atomic E-state index is 12.6. The molecule has 0 radical (unpaired) electrons. The zero-order valence-corrected chi connectivity index (χ0v) is 9.09. The van der Waals surface area contributed by atoms with Crippen LogP contribution in [0.25, 0.3) is 0 Å². The van der Waals surface area contributed by atoms with Crippen LogP contribution in [-0.4, -0.2) is 23.7 Å². The van der Waals surface area contributed by atoms with Crippen LogP contribution >= 0.6 is 0 Å². The van der Waals surface area contributed by atoms with Crippen LogP contribution in [0.4, 0.5) is 13.2 Å². The predicted octanol–water partition coefficient (Wildman–Crippen LogP) is 2.55. The third kappa shape index (κ3) is 4.18. The molecular weight excluding hydrogens is 217 g/mol. The average Bonchev–Trinajstić information content (AvgIpc) is 2.24. The first-order chi connectivity index (χ1) is 7.54. The Hall–Kier alpha value is -1.10. The minimum atomic E-state index is -4.22. The van der Waals surface area contributed by atoms with Gasteiger partial charge >= 0.3 is 6.18 Å². The van der Waals surface area contributed by atoms with Crippen molar-refractivity contribution in [3.05, 3.63) is 30.1 Å². The van der Waals surface area contributed by atoms with Gasteiger partial charge < -0.3 is 5.32 Å². The lowest BCUT2D eigenvalue weighted by Crippen LogP contribution is -2.44. The molecule has 1 aromatic heterocycles. The van der Waals surface area contributed by atoms with Crippen molar-refractivity contribution in [1.82, 2.24) is 10.3 Å². The molecule has 1 unspecified atom stereocenters. The van der Waals surface area contributed by atoms with Gasteiger partial charge in [0, 0.05) is 12.4 Å². The Balaban J connectivity index is 2.64. The minimum absolute atomic E-state index is 0.0721. The monoisotopic (exact) mass is 232 g/mol. The second kappa shape index (κ2) is 5.84. The van der Waals surface area contributed by atoms with Crippen molar-refractivity contribution in [2.24, 2.45) is 0 Å². The van der Waals surface area contributed by atoms with E-state index in [0.29, 0.717) is 18.5 Å². The van der Waals surface area contributed by atoms with Crippen molar-refractivity contribution < 1.29 is 13.2 Å². The summed E-state index contributed by atoms with van der Waals surface area (Å²) in [5.74, 6) is 0. The van der Waals surface area contributed by atoms with Gasteiger partial charge in [0.05, 0.1) is 0 Å². The van der Waals surface area contributed by atoms with E-state index >= 15 is 0 Å². The molecule has 90 valence electrons. The average molecular weight is 232 g/mol. The van der Waals surface area contributed by atoms with Crippen molar-refractivity contribution in [3.63, 3.8) is 0 Å². The zero-order valence-electron chi connectivity index (χ0n) is 9.09. The summed E-state index contributed by atoms with van der Waals surface area (Å²) in [6, 6.07) is 1.80. The lowest BCUT2D eigenvalue weighted by molar-refractivity contribution is -0.155. The van der Waals surface area contributed by atoms with Crippen molar-refractivity contribution in [3.8, 4) is 0 Å². The lowest BCUT2D eigenvalue weighted by Gasteiger charge is -2.21. The summed E-state index contributed by atoms with van der Waals surface area (Å²) in [6.07, 6.45) is -0.597. The Morgan fingerprint density at radius 2 is 2.19 bits per heavy atom. The molecule has 2 nitrogen and oxygen atoms in total. The standard InChI is InChI=1S/C11H15F3N2/c1-2-5-16-10(11(12,13)14)7-9-4-3-6-15-8-9/h3-4,6,8,10,16H,2,5,7H2,1H3. The number of halogens is 3. The van der Waals surface area contributed by atoms with Crippen LogP contribution < -0.4 is 5.32 Å².